The molecule has 1 aromatic rings. The summed E-state index contributed by atoms with van der Waals surface area (Å²) < 4.78 is 0. The smallest absolute Gasteiger partial charge is 0.223 e. The van der Waals surface area contributed by atoms with Gasteiger partial charge >= 0.3 is 0 Å². The Hall–Kier alpha value is -1.64. The van der Waals surface area contributed by atoms with Gasteiger partial charge in [-0.05, 0) is 12.5 Å². The van der Waals surface area contributed by atoms with Crippen molar-refractivity contribution < 1.29 is 4.92 Å². The van der Waals surface area contributed by atoms with Crippen LogP contribution in [0.5, 0.6) is 0 Å². The summed E-state index contributed by atoms with van der Waals surface area (Å²) in [6.45, 7) is 7.54. The van der Waals surface area contributed by atoms with Crippen molar-refractivity contribution in [1.82, 2.24) is 0 Å². The zero-order valence-electron chi connectivity index (χ0n) is 9.72. The molecule has 0 saturated heterocycles. The second kappa shape index (κ2) is 5.45. The summed E-state index contributed by atoms with van der Waals surface area (Å²) in [6, 6.07) is 7.23. The second-order valence-electron chi connectivity index (χ2n) is 3.93. The van der Waals surface area contributed by atoms with E-state index >= 15 is 0 Å². The predicted octanol–water partition coefficient (Wildman–Crippen LogP) is 3.32. The molecule has 0 aliphatic carbocycles. The Labute approximate surface area is 95.9 Å². The van der Waals surface area contributed by atoms with E-state index in [2.05, 4.69) is 6.58 Å². The Morgan fingerprint density at radius 2 is 2.00 bits per heavy atom. The van der Waals surface area contributed by atoms with Gasteiger partial charge in [0.15, 0.2) is 0 Å². The Morgan fingerprint density at radius 3 is 2.38 bits per heavy atom. The van der Waals surface area contributed by atoms with Crippen LogP contribution in [0.2, 0.25) is 0 Å². The highest BCUT2D eigenvalue weighted by molar-refractivity contribution is 5.28. The first-order valence-corrected chi connectivity index (χ1v) is 5.42. The molecule has 0 unspecified atom stereocenters. The number of rotatable bonds is 5. The van der Waals surface area contributed by atoms with Crippen molar-refractivity contribution in [3.63, 3.8) is 0 Å². The fourth-order valence-electron chi connectivity index (χ4n) is 1.84. The molecule has 1 aromatic carbocycles. The SMILES string of the molecule is C=C[C@H](c1ccc(C)cc1)[C@@H](CC)[N+](=O)[O-]. The molecule has 0 radical (unpaired) electrons. The standard InChI is InChI=1S/C13H17NO2/c1-4-12(13(5-2)14(15)16)11-8-6-10(3)7-9-11/h4,6-9,12-13H,1,5H2,2-3H3/t12-,13-/m1/s1. The molecule has 0 spiro atoms. The Bertz CT molecular complexity index is 370. The minimum Gasteiger partial charge on any atom is -0.264 e. The maximum Gasteiger partial charge on any atom is 0.223 e. The number of benzene rings is 1. The number of hydrogen-bond donors (Lipinski definition) is 0. The maximum atomic E-state index is 10.9. The number of nitrogens with zero attached hydrogens (tertiary/aromatic N) is 1. The molecule has 1 rings (SSSR count). The summed E-state index contributed by atoms with van der Waals surface area (Å²) in [5, 5.41) is 10.9. The largest absolute Gasteiger partial charge is 0.264 e. The van der Waals surface area contributed by atoms with Gasteiger partial charge < -0.3 is 0 Å². The molecule has 0 bridgehead atoms. The molecule has 3 nitrogen and oxygen atoms in total. The van der Waals surface area contributed by atoms with E-state index in [4.69, 9.17) is 0 Å². The predicted molar refractivity (Wildman–Crippen MR) is 65.2 cm³/mol. The topological polar surface area (TPSA) is 43.1 Å². The minimum atomic E-state index is -0.583. The molecule has 86 valence electrons. The minimum absolute atomic E-state index is 0.208. The van der Waals surface area contributed by atoms with E-state index in [9.17, 15) is 10.1 Å². The van der Waals surface area contributed by atoms with E-state index in [-0.39, 0.29) is 10.8 Å². The van der Waals surface area contributed by atoms with E-state index < -0.39 is 6.04 Å². The summed E-state index contributed by atoms with van der Waals surface area (Å²) in [4.78, 5) is 10.7. The summed E-state index contributed by atoms with van der Waals surface area (Å²) in [7, 11) is 0. The van der Waals surface area contributed by atoms with Crippen LogP contribution in [0.15, 0.2) is 36.9 Å². The van der Waals surface area contributed by atoms with Gasteiger partial charge in [-0.3, -0.25) is 10.1 Å². The van der Waals surface area contributed by atoms with E-state index in [0.29, 0.717) is 6.42 Å². The van der Waals surface area contributed by atoms with Gasteiger partial charge in [0.2, 0.25) is 6.04 Å². The van der Waals surface area contributed by atoms with Crippen LogP contribution >= 0.6 is 0 Å². The summed E-state index contributed by atoms with van der Waals surface area (Å²) in [6.07, 6.45) is 2.18. The highest BCUT2D eigenvalue weighted by atomic mass is 16.6. The lowest BCUT2D eigenvalue weighted by Gasteiger charge is -2.16. The van der Waals surface area contributed by atoms with Crippen molar-refractivity contribution in [2.75, 3.05) is 0 Å². The van der Waals surface area contributed by atoms with Gasteiger partial charge in [-0.25, -0.2) is 0 Å². The Morgan fingerprint density at radius 1 is 1.44 bits per heavy atom. The summed E-state index contributed by atoms with van der Waals surface area (Å²) >= 11 is 0. The number of hydrogen-bond acceptors (Lipinski definition) is 2. The van der Waals surface area contributed by atoms with Crippen molar-refractivity contribution in [3.8, 4) is 0 Å². The third-order valence-electron chi connectivity index (χ3n) is 2.82. The monoisotopic (exact) mass is 219 g/mol. The average Bonchev–Trinajstić information content (AvgIpc) is 2.26. The maximum absolute atomic E-state index is 10.9. The normalized spacial score (nSPS) is 14.1. The van der Waals surface area contributed by atoms with Crippen LogP contribution in [0.25, 0.3) is 0 Å². The van der Waals surface area contributed by atoms with Gasteiger partial charge in [-0.1, -0.05) is 42.8 Å². The van der Waals surface area contributed by atoms with Gasteiger partial charge in [-0.2, -0.15) is 0 Å². The molecule has 0 N–H and O–H groups in total. The lowest BCUT2D eigenvalue weighted by atomic mass is 9.90. The van der Waals surface area contributed by atoms with Crippen LogP contribution in [0, 0.1) is 17.0 Å². The highest BCUT2D eigenvalue weighted by Gasteiger charge is 2.28. The van der Waals surface area contributed by atoms with Gasteiger partial charge in [-0.15, -0.1) is 6.58 Å². The highest BCUT2D eigenvalue weighted by Crippen LogP contribution is 2.25. The molecular weight excluding hydrogens is 202 g/mol. The third kappa shape index (κ3) is 2.69. The lowest BCUT2D eigenvalue weighted by molar-refractivity contribution is -0.525. The second-order valence-corrected chi connectivity index (χ2v) is 3.93. The number of aryl methyl sites for hydroxylation is 1. The van der Waals surface area contributed by atoms with Crippen LogP contribution in [0.4, 0.5) is 0 Å². The fourth-order valence-corrected chi connectivity index (χ4v) is 1.84. The zero-order valence-corrected chi connectivity index (χ0v) is 9.72. The summed E-state index contributed by atoms with van der Waals surface area (Å²) in [5.74, 6) is -0.208. The average molecular weight is 219 g/mol. The van der Waals surface area contributed by atoms with Crippen molar-refractivity contribution in [3.05, 3.63) is 58.2 Å². The van der Waals surface area contributed by atoms with Gasteiger partial charge in [0.05, 0.1) is 5.92 Å². The van der Waals surface area contributed by atoms with E-state index in [1.165, 1.54) is 0 Å². The molecule has 0 amide bonds. The molecular formula is C13H17NO2. The third-order valence-corrected chi connectivity index (χ3v) is 2.82. The molecule has 0 aromatic heterocycles. The van der Waals surface area contributed by atoms with Crippen LogP contribution in [0.1, 0.15) is 30.4 Å². The first-order chi connectivity index (χ1) is 7.60. The molecule has 0 saturated carbocycles. The molecule has 3 heteroatoms. The molecule has 0 aliphatic rings. The van der Waals surface area contributed by atoms with Crippen LogP contribution in [0.3, 0.4) is 0 Å². The molecule has 16 heavy (non-hydrogen) atoms. The Balaban J connectivity index is 3.01. The van der Waals surface area contributed by atoms with Crippen LogP contribution in [-0.4, -0.2) is 11.0 Å². The van der Waals surface area contributed by atoms with Crippen molar-refractivity contribution in [1.29, 1.82) is 0 Å². The van der Waals surface area contributed by atoms with E-state index in [1.54, 1.807) is 6.08 Å². The van der Waals surface area contributed by atoms with E-state index in [0.717, 1.165) is 11.1 Å². The molecule has 0 aliphatic heterocycles. The van der Waals surface area contributed by atoms with Crippen molar-refractivity contribution in [2.45, 2.75) is 32.2 Å². The van der Waals surface area contributed by atoms with Crippen molar-refractivity contribution >= 4 is 0 Å². The molecule has 2 atom stereocenters. The lowest BCUT2D eigenvalue weighted by Crippen LogP contribution is -2.25. The number of nitro groups is 1. The van der Waals surface area contributed by atoms with Gasteiger partial charge in [0.25, 0.3) is 0 Å². The quantitative estimate of drug-likeness (QED) is 0.433. The first kappa shape index (κ1) is 12.4. The molecule has 0 heterocycles. The van der Waals surface area contributed by atoms with Crippen molar-refractivity contribution in [2.24, 2.45) is 0 Å². The van der Waals surface area contributed by atoms with Crippen LogP contribution < -0.4 is 0 Å². The van der Waals surface area contributed by atoms with Gasteiger partial charge in [0.1, 0.15) is 0 Å². The first-order valence-electron chi connectivity index (χ1n) is 5.42. The van der Waals surface area contributed by atoms with Gasteiger partial charge in [0, 0.05) is 11.3 Å². The molecule has 0 fully saturated rings. The Kier molecular flexibility index (Phi) is 4.23. The van der Waals surface area contributed by atoms with Crippen LogP contribution in [-0.2, 0) is 0 Å². The fraction of sp³-hybridized carbons (Fsp3) is 0.385. The van der Waals surface area contributed by atoms with E-state index in [1.807, 2.05) is 38.1 Å². The summed E-state index contributed by atoms with van der Waals surface area (Å²) in [5.41, 5.74) is 2.12. The zero-order chi connectivity index (χ0) is 12.1.